The smallest absolute Gasteiger partial charge is 0.237 e. The van der Waals surface area contributed by atoms with Crippen molar-refractivity contribution in [1.29, 1.82) is 0 Å². The number of hydrogen-bond donors (Lipinski definition) is 3. The zero-order chi connectivity index (χ0) is 12.7. The molecule has 0 aromatic heterocycles. The maximum Gasteiger partial charge on any atom is 0.237 e. The van der Waals surface area contributed by atoms with Crippen LogP contribution in [-0.2, 0) is 11.2 Å². The van der Waals surface area contributed by atoms with Gasteiger partial charge in [-0.2, -0.15) is 0 Å². The van der Waals surface area contributed by atoms with Crippen molar-refractivity contribution in [3.8, 4) is 18.1 Å². The number of terminal acetylenes is 1. The van der Waals surface area contributed by atoms with E-state index < -0.39 is 6.04 Å². The molecule has 0 saturated carbocycles. The number of carbonyl (C=O) groups is 1. The van der Waals surface area contributed by atoms with Crippen molar-refractivity contribution >= 4 is 5.91 Å². The van der Waals surface area contributed by atoms with Gasteiger partial charge in [-0.25, -0.2) is 0 Å². The van der Waals surface area contributed by atoms with Gasteiger partial charge in [0.2, 0.25) is 5.91 Å². The number of aromatic hydroxyl groups is 1. The molecule has 1 rings (SSSR count). The molecule has 0 fully saturated rings. The van der Waals surface area contributed by atoms with E-state index in [1.165, 1.54) is 0 Å². The van der Waals surface area contributed by atoms with Gasteiger partial charge in [-0.05, 0) is 24.1 Å². The molecule has 0 aliphatic carbocycles. The summed E-state index contributed by atoms with van der Waals surface area (Å²) in [5.41, 5.74) is 6.65. The Labute approximate surface area is 101 Å². The molecule has 1 atom stereocenters. The quantitative estimate of drug-likeness (QED) is 0.508. The highest BCUT2D eigenvalue weighted by atomic mass is 16.3. The minimum Gasteiger partial charge on any atom is -0.508 e. The number of nitrogens with two attached hydrogens (primary N) is 1. The summed E-state index contributed by atoms with van der Waals surface area (Å²) in [6.07, 6.45) is 6.00. The first-order valence-corrected chi connectivity index (χ1v) is 5.38. The lowest BCUT2D eigenvalue weighted by molar-refractivity contribution is -0.122. The van der Waals surface area contributed by atoms with Crippen LogP contribution in [0.25, 0.3) is 0 Å². The van der Waals surface area contributed by atoms with Crippen LogP contribution in [0.5, 0.6) is 5.75 Å². The van der Waals surface area contributed by atoms with Gasteiger partial charge in [0.05, 0.1) is 6.04 Å². The molecule has 0 spiro atoms. The lowest BCUT2D eigenvalue weighted by Crippen LogP contribution is -2.42. The van der Waals surface area contributed by atoms with Crippen molar-refractivity contribution in [2.24, 2.45) is 5.73 Å². The van der Waals surface area contributed by atoms with E-state index in [0.717, 1.165) is 5.56 Å². The Kier molecular flexibility index (Phi) is 5.05. The molecule has 4 heteroatoms. The van der Waals surface area contributed by atoms with E-state index in [2.05, 4.69) is 11.2 Å². The average molecular weight is 232 g/mol. The number of rotatable bonds is 5. The van der Waals surface area contributed by atoms with Gasteiger partial charge in [0.1, 0.15) is 5.75 Å². The Morgan fingerprint density at radius 3 is 2.71 bits per heavy atom. The molecule has 1 aromatic rings. The fourth-order valence-electron chi connectivity index (χ4n) is 1.37. The van der Waals surface area contributed by atoms with E-state index >= 15 is 0 Å². The number of amides is 1. The molecule has 4 N–H and O–H groups in total. The Morgan fingerprint density at radius 2 is 2.12 bits per heavy atom. The second kappa shape index (κ2) is 6.56. The molecular weight excluding hydrogens is 216 g/mol. The number of benzene rings is 1. The zero-order valence-corrected chi connectivity index (χ0v) is 9.52. The topological polar surface area (TPSA) is 75.4 Å². The molecule has 1 amide bonds. The number of phenols is 1. The molecule has 0 heterocycles. The van der Waals surface area contributed by atoms with Crippen LogP contribution in [0.2, 0.25) is 0 Å². The van der Waals surface area contributed by atoms with Gasteiger partial charge in [0.15, 0.2) is 0 Å². The van der Waals surface area contributed by atoms with Gasteiger partial charge in [-0.1, -0.05) is 12.1 Å². The third-order valence-corrected chi connectivity index (χ3v) is 2.30. The van der Waals surface area contributed by atoms with Gasteiger partial charge < -0.3 is 16.2 Å². The minimum atomic E-state index is -0.600. The van der Waals surface area contributed by atoms with Crippen LogP contribution in [0.4, 0.5) is 0 Å². The lowest BCUT2D eigenvalue weighted by Gasteiger charge is -2.11. The Balaban J connectivity index is 2.43. The van der Waals surface area contributed by atoms with Crippen LogP contribution in [-0.4, -0.2) is 23.6 Å². The van der Waals surface area contributed by atoms with Gasteiger partial charge in [-0.3, -0.25) is 4.79 Å². The van der Waals surface area contributed by atoms with Gasteiger partial charge in [-0.15, -0.1) is 12.3 Å². The Morgan fingerprint density at radius 1 is 1.47 bits per heavy atom. The highest BCUT2D eigenvalue weighted by molar-refractivity contribution is 5.81. The van der Waals surface area contributed by atoms with E-state index in [-0.39, 0.29) is 11.7 Å². The molecule has 0 radical (unpaired) electrons. The highest BCUT2D eigenvalue weighted by Gasteiger charge is 2.13. The summed E-state index contributed by atoms with van der Waals surface area (Å²) in [5, 5.41) is 11.8. The maximum absolute atomic E-state index is 11.5. The number of nitrogens with one attached hydrogen (secondary N) is 1. The van der Waals surface area contributed by atoms with Crippen LogP contribution in [0, 0.1) is 12.3 Å². The van der Waals surface area contributed by atoms with Crippen molar-refractivity contribution in [3.63, 3.8) is 0 Å². The maximum atomic E-state index is 11.5. The Hall–Kier alpha value is -1.99. The predicted molar refractivity (Wildman–Crippen MR) is 66.2 cm³/mol. The molecule has 0 bridgehead atoms. The normalized spacial score (nSPS) is 11.5. The van der Waals surface area contributed by atoms with Crippen LogP contribution in [0.3, 0.4) is 0 Å². The summed E-state index contributed by atoms with van der Waals surface area (Å²) in [5.74, 6) is 2.42. The van der Waals surface area contributed by atoms with E-state index in [1.54, 1.807) is 24.3 Å². The minimum absolute atomic E-state index is 0.195. The second-order valence-corrected chi connectivity index (χ2v) is 3.72. The first kappa shape index (κ1) is 13.1. The van der Waals surface area contributed by atoms with E-state index in [1.807, 2.05) is 0 Å². The first-order valence-electron chi connectivity index (χ1n) is 5.38. The second-order valence-electron chi connectivity index (χ2n) is 3.72. The fraction of sp³-hybridized carbons (Fsp3) is 0.308. The highest BCUT2D eigenvalue weighted by Crippen LogP contribution is 2.10. The van der Waals surface area contributed by atoms with Gasteiger partial charge >= 0.3 is 0 Å². The first-order chi connectivity index (χ1) is 8.13. The molecule has 1 aromatic carbocycles. The summed E-state index contributed by atoms with van der Waals surface area (Å²) >= 11 is 0. The largest absolute Gasteiger partial charge is 0.508 e. The fourth-order valence-corrected chi connectivity index (χ4v) is 1.37. The molecular formula is C13H16N2O2. The molecule has 17 heavy (non-hydrogen) atoms. The molecule has 0 unspecified atom stereocenters. The summed E-state index contributed by atoms with van der Waals surface area (Å²) in [7, 11) is 0. The van der Waals surface area contributed by atoms with E-state index in [4.69, 9.17) is 17.3 Å². The number of hydrogen-bond acceptors (Lipinski definition) is 3. The summed E-state index contributed by atoms with van der Waals surface area (Å²) in [6, 6.07) is 6.02. The molecule has 90 valence electrons. The monoisotopic (exact) mass is 232 g/mol. The summed E-state index contributed by atoms with van der Waals surface area (Å²) in [4.78, 5) is 11.5. The average Bonchev–Trinajstić information content (AvgIpc) is 2.32. The third kappa shape index (κ3) is 4.58. The van der Waals surface area contributed by atoms with Gasteiger partial charge in [0.25, 0.3) is 0 Å². The molecule has 0 aliphatic heterocycles. The Bertz CT molecular complexity index is 406. The zero-order valence-electron chi connectivity index (χ0n) is 9.52. The van der Waals surface area contributed by atoms with Gasteiger partial charge in [0, 0.05) is 13.0 Å². The molecule has 4 nitrogen and oxygen atoms in total. The summed E-state index contributed by atoms with van der Waals surface area (Å²) < 4.78 is 0. The van der Waals surface area contributed by atoms with Crippen molar-refractivity contribution < 1.29 is 9.90 Å². The van der Waals surface area contributed by atoms with Crippen molar-refractivity contribution in [1.82, 2.24) is 5.32 Å². The SMILES string of the molecule is C#CCCNC(=O)[C@@H](N)Cc1ccc(O)cc1. The summed E-state index contributed by atoms with van der Waals surface area (Å²) in [6.45, 7) is 0.443. The van der Waals surface area contributed by atoms with Crippen LogP contribution < -0.4 is 11.1 Å². The van der Waals surface area contributed by atoms with Crippen LogP contribution >= 0.6 is 0 Å². The molecule has 0 aliphatic rings. The van der Waals surface area contributed by atoms with E-state index in [9.17, 15) is 4.79 Å². The number of phenolic OH excluding ortho intramolecular Hbond substituents is 1. The lowest BCUT2D eigenvalue weighted by atomic mass is 10.1. The van der Waals surface area contributed by atoms with Crippen LogP contribution in [0.1, 0.15) is 12.0 Å². The van der Waals surface area contributed by atoms with Crippen LogP contribution in [0.15, 0.2) is 24.3 Å². The van der Waals surface area contributed by atoms with Crippen molar-refractivity contribution in [3.05, 3.63) is 29.8 Å². The van der Waals surface area contributed by atoms with E-state index in [0.29, 0.717) is 19.4 Å². The standard InChI is InChI=1S/C13H16N2O2/c1-2-3-8-15-13(17)12(14)9-10-4-6-11(16)7-5-10/h1,4-7,12,16H,3,8-9,14H2,(H,15,17)/t12-/m0/s1. The third-order valence-electron chi connectivity index (χ3n) is 2.30. The van der Waals surface area contributed by atoms with Crippen molar-refractivity contribution in [2.75, 3.05) is 6.54 Å². The number of carbonyl (C=O) groups excluding carboxylic acids is 1. The molecule has 0 saturated heterocycles. The predicted octanol–water partition coefficient (Wildman–Crippen LogP) is 0.401. The van der Waals surface area contributed by atoms with Crippen molar-refractivity contribution in [2.45, 2.75) is 18.9 Å².